The predicted molar refractivity (Wildman–Crippen MR) is 110 cm³/mol. The van der Waals surface area contributed by atoms with E-state index in [0.29, 0.717) is 23.1 Å². The van der Waals surface area contributed by atoms with Crippen molar-refractivity contribution >= 4 is 22.8 Å². The number of amides is 1. The molecule has 0 radical (unpaired) electrons. The van der Waals surface area contributed by atoms with Gasteiger partial charge < -0.3 is 0 Å². The van der Waals surface area contributed by atoms with Gasteiger partial charge in [0.15, 0.2) is 0 Å². The monoisotopic (exact) mass is 388 g/mol. The Kier molecular flexibility index (Phi) is 5.15. The first kappa shape index (κ1) is 18.5. The third-order valence-corrected chi connectivity index (χ3v) is 4.75. The summed E-state index contributed by atoms with van der Waals surface area (Å²) in [5.74, 6) is 0.478. The largest absolute Gasteiger partial charge is 0.291 e. The lowest BCUT2D eigenvalue weighted by Gasteiger charge is -2.13. The number of fused-ring (bicyclic) bond motifs is 1. The van der Waals surface area contributed by atoms with Gasteiger partial charge in [-0.1, -0.05) is 42.5 Å². The van der Waals surface area contributed by atoms with Gasteiger partial charge in [0.25, 0.3) is 5.56 Å². The predicted octanol–water partition coefficient (Wildman–Crippen LogP) is 2.50. The molecule has 0 fully saturated rings. The molecule has 2 N–H and O–H groups in total. The van der Waals surface area contributed by atoms with Crippen LogP contribution in [0.2, 0.25) is 0 Å². The van der Waals surface area contributed by atoms with E-state index in [1.54, 1.807) is 25.1 Å². The SMILES string of the molecule is C[C@@H](C(=O)Nc1n[nH]c(CCc2ccccc2)n1)n1cnc2ccccc2c1=O. The Bertz CT molecular complexity index is 1200. The molecule has 0 spiro atoms. The van der Waals surface area contributed by atoms with Gasteiger partial charge in [-0.2, -0.15) is 4.98 Å². The summed E-state index contributed by atoms with van der Waals surface area (Å²) in [6.07, 6.45) is 2.88. The van der Waals surface area contributed by atoms with Crippen molar-refractivity contribution in [3.05, 3.63) is 82.7 Å². The first-order chi connectivity index (χ1) is 14.1. The van der Waals surface area contributed by atoms with Crippen LogP contribution in [-0.4, -0.2) is 30.6 Å². The van der Waals surface area contributed by atoms with E-state index >= 15 is 0 Å². The summed E-state index contributed by atoms with van der Waals surface area (Å²) in [5, 5.41) is 10.0. The van der Waals surface area contributed by atoms with Crippen molar-refractivity contribution in [3.8, 4) is 0 Å². The Hall–Kier alpha value is -3.81. The van der Waals surface area contributed by atoms with E-state index in [-0.39, 0.29) is 11.5 Å². The van der Waals surface area contributed by atoms with Crippen LogP contribution in [0, 0.1) is 0 Å². The minimum atomic E-state index is -0.758. The van der Waals surface area contributed by atoms with E-state index in [1.165, 1.54) is 16.5 Å². The highest BCUT2D eigenvalue weighted by Crippen LogP contribution is 2.11. The fourth-order valence-electron chi connectivity index (χ4n) is 3.07. The molecule has 0 saturated heterocycles. The van der Waals surface area contributed by atoms with E-state index in [2.05, 4.69) is 37.6 Å². The number of H-pyrrole nitrogens is 1. The second-order valence-electron chi connectivity index (χ2n) is 6.73. The Balaban J connectivity index is 1.44. The lowest BCUT2D eigenvalue weighted by molar-refractivity contribution is -0.118. The van der Waals surface area contributed by atoms with Gasteiger partial charge in [0.05, 0.1) is 17.2 Å². The minimum Gasteiger partial charge on any atom is -0.291 e. The van der Waals surface area contributed by atoms with Crippen molar-refractivity contribution in [2.75, 3.05) is 5.32 Å². The average molecular weight is 388 g/mol. The number of aromatic amines is 1. The van der Waals surface area contributed by atoms with E-state index in [4.69, 9.17) is 0 Å². The molecule has 2 heterocycles. The fourth-order valence-corrected chi connectivity index (χ4v) is 3.07. The highest BCUT2D eigenvalue weighted by molar-refractivity contribution is 5.92. The molecule has 0 bridgehead atoms. The van der Waals surface area contributed by atoms with E-state index in [9.17, 15) is 9.59 Å². The Morgan fingerprint density at radius 1 is 1.10 bits per heavy atom. The van der Waals surface area contributed by atoms with Gasteiger partial charge in [-0.3, -0.25) is 24.6 Å². The number of aromatic nitrogens is 5. The number of hydrogen-bond acceptors (Lipinski definition) is 5. The molecule has 0 aliphatic rings. The van der Waals surface area contributed by atoms with Crippen molar-refractivity contribution < 1.29 is 4.79 Å². The number of aryl methyl sites for hydroxylation is 2. The van der Waals surface area contributed by atoms with E-state index in [1.807, 2.05) is 24.3 Å². The number of carbonyl (C=O) groups is 1. The molecule has 4 aromatic rings. The standard InChI is InChI=1S/C21H20N6O2/c1-14(27-13-22-17-10-6-5-9-16(17)20(27)29)19(28)24-21-23-18(25-26-21)12-11-15-7-3-2-4-8-15/h2-10,13-14H,11-12H2,1H3,(H2,23,24,25,26,28)/t14-/m0/s1. The van der Waals surface area contributed by atoms with Crippen LogP contribution in [0.3, 0.4) is 0 Å². The molecule has 2 aromatic carbocycles. The topological polar surface area (TPSA) is 106 Å². The third-order valence-electron chi connectivity index (χ3n) is 4.75. The highest BCUT2D eigenvalue weighted by Gasteiger charge is 2.19. The number of nitrogens with one attached hydrogen (secondary N) is 2. The third kappa shape index (κ3) is 4.06. The second kappa shape index (κ2) is 8.05. The molecule has 0 saturated carbocycles. The molecule has 4 rings (SSSR count). The van der Waals surface area contributed by atoms with Gasteiger partial charge in [0, 0.05) is 6.42 Å². The van der Waals surface area contributed by atoms with Crippen molar-refractivity contribution in [2.24, 2.45) is 0 Å². The van der Waals surface area contributed by atoms with Crippen molar-refractivity contribution in [1.82, 2.24) is 24.7 Å². The smallest absolute Gasteiger partial charge is 0.261 e. The normalized spacial score (nSPS) is 12.0. The maximum absolute atomic E-state index is 12.7. The Labute approximate surface area is 166 Å². The lowest BCUT2D eigenvalue weighted by atomic mass is 10.1. The number of benzene rings is 2. The zero-order chi connectivity index (χ0) is 20.2. The van der Waals surface area contributed by atoms with Gasteiger partial charge in [-0.25, -0.2) is 4.98 Å². The van der Waals surface area contributed by atoms with Gasteiger partial charge in [0.2, 0.25) is 11.9 Å². The maximum Gasteiger partial charge on any atom is 0.261 e. The molecule has 1 atom stereocenters. The highest BCUT2D eigenvalue weighted by atomic mass is 16.2. The number of hydrogen-bond donors (Lipinski definition) is 2. The Morgan fingerprint density at radius 2 is 1.86 bits per heavy atom. The second-order valence-corrected chi connectivity index (χ2v) is 6.73. The summed E-state index contributed by atoms with van der Waals surface area (Å²) in [6.45, 7) is 1.64. The first-order valence-electron chi connectivity index (χ1n) is 9.34. The van der Waals surface area contributed by atoms with Crippen molar-refractivity contribution in [1.29, 1.82) is 0 Å². The number of anilines is 1. The quantitative estimate of drug-likeness (QED) is 0.528. The molecule has 0 unspecified atom stereocenters. The molecular weight excluding hydrogens is 368 g/mol. The molecular formula is C21H20N6O2. The number of nitrogens with zero attached hydrogens (tertiary/aromatic N) is 4. The zero-order valence-electron chi connectivity index (χ0n) is 15.9. The molecule has 0 aliphatic heterocycles. The molecule has 0 aliphatic carbocycles. The summed E-state index contributed by atoms with van der Waals surface area (Å²) >= 11 is 0. The van der Waals surface area contributed by atoms with Crippen molar-refractivity contribution in [3.63, 3.8) is 0 Å². The van der Waals surface area contributed by atoms with Crippen LogP contribution in [0.4, 0.5) is 5.95 Å². The van der Waals surface area contributed by atoms with Crippen LogP contribution in [-0.2, 0) is 17.6 Å². The summed E-state index contributed by atoms with van der Waals surface area (Å²) in [5.41, 5.74) is 1.53. The van der Waals surface area contributed by atoms with Crippen LogP contribution >= 0.6 is 0 Å². The molecule has 8 heteroatoms. The fraction of sp³-hybridized carbons (Fsp3) is 0.190. The van der Waals surface area contributed by atoms with Crippen LogP contribution in [0.1, 0.15) is 24.4 Å². The molecule has 1 amide bonds. The number of carbonyl (C=O) groups excluding carboxylic acids is 1. The minimum absolute atomic E-state index is 0.187. The summed E-state index contributed by atoms with van der Waals surface area (Å²) in [6, 6.07) is 16.3. The van der Waals surface area contributed by atoms with Crippen LogP contribution in [0.25, 0.3) is 10.9 Å². The van der Waals surface area contributed by atoms with Gasteiger partial charge >= 0.3 is 0 Å². The summed E-state index contributed by atoms with van der Waals surface area (Å²) in [4.78, 5) is 33.8. The molecule has 146 valence electrons. The van der Waals surface area contributed by atoms with Crippen LogP contribution in [0.5, 0.6) is 0 Å². The van der Waals surface area contributed by atoms with E-state index in [0.717, 1.165) is 6.42 Å². The first-order valence-corrected chi connectivity index (χ1v) is 9.34. The molecule has 8 nitrogen and oxygen atoms in total. The van der Waals surface area contributed by atoms with Gasteiger partial charge in [-0.15, -0.1) is 5.10 Å². The van der Waals surface area contributed by atoms with E-state index < -0.39 is 11.9 Å². The Morgan fingerprint density at radius 3 is 2.69 bits per heavy atom. The lowest BCUT2D eigenvalue weighted by Crippen LogP contribution is -2.32. The summed E-state index contributed by atoms with van der Waals surface area (Å²) in [7, 11) is 0. The van der Waals surface area contributed by atoms with Crippen LogP contribution in [0.15, 0.2) is 65.7 Å². The molecule has 29 heavy (non-hydrogen) atoms. The molecule has 2 aromatic heterocycles. The average Bonchev–Trinajstić information content (AvgIpc) is 3.20. The van der Waals surface area contributed by atoms with Crippen molar-refractivity contribution in [2.45, 2.75) is 25.8 Å². The van der Waals surface area contributed by atoms with Gasteiger partial charge in [0.1, 0.15) is 11.9 Å². The van der Waals surface area contributed by atoms with Crippen LogP contribution < -0.4 is 10.9 Å². The van der Waals surface area contributed by atoms with Gasteiger partial charge in [-0.05, 0) is 31.0 Å². The maximum atomic E-state index is 12.7. The number of para-hydroxylation sites is 1. The number of rotatable bonds is 6. The zero-order valence-corrected chi connectivity index (χ0v) is 15.9. The summed E-state index contributed by atoms with van der Waals surface area (Å²) < 4.78 is 1.31.